The van der Waals surface area contributed by atoms with Gasteiger partial charge in [0.1, 0.15) is 0 Å². The van der Waals surface area contributed by atoms with Crippen LogP contribution < -0.4 is 0 Å². The van der Waals surface area contributed by atoms with E-state index in [0.29, 0.717) is 17.2 Å². The fourth-order valence-electron chi connectivity index (χ4n) is 3.13. The van der Waals surface area contributed by atoms with Crippen molar-refractivity contribution in [1.29, 1.82) is 0 Å². The quantitative estimate of drug-likeness (QED) is 0.0907. The molecule has 0 radical (unpaired) electrons. The van der Waals surface area contributed by atoms with Crippen molar-refractivity contribution in [3.8, 4) is 0 Å². The van der Waals surface area contributed by atoms with Gasteiger partial charge in [-0.15, -0.1) is 11.6 Å². The summed E-state index contributed by atoms with van der Waals surface area (Å²) in [4.78, 5) is 49.4. The molecule has 0 aromatic rings. The van der Waals surface area contributed by atoms with Gasteiger partial charge in [-0.2, -0.15) is 0 Å². The molecule has 0 bridgehead atoms. The highest BCUT2D eigenvalue weighted by molar-refractivity contribution is 6.18. The number of esters is 4. The first-order valence-electron chi connectivity index (χ1n) is 10.1. The molecule has 0 amide bonds. The van der Waals surface area contributed by atoms with Crippen LogP contribution in [0.15, 0.2) is 35.6 Å². The average Bonchev–Trinajstić information content (AvgIpc) is 2.84. The summed E-state index contributed by atoms with van der Waals surface area (Å²) < 4.78 is 24.6. The van der Waals surface area contributed by atoms with Crippen LogP contribution in [0.5, 0.6) is 0 Å². The molecule has 0 spiro atoms. The van der Waals surface area contributed by atoms with Crippen LogP contribution in [0.4, 0.5) is 0 Å². The minimum absolute atomic E-state index is 0.0293. The minimum Gasteiger partial charge on any atom is -0.501 e. The molecule has 0 heterocycles. The standard InChI is InChI=1S/C23H33ClO9/c1-16(18(29-2)15-17(19(25)30-3)20(26)31-4)11-13-23(21(27)32-5,22(28)33-6)12-9-7-8-10-14-24/h7-10,17H,11-15H2,1-6H3/b9-7-,10-8+,18-16-. The predicted octanol–water partition coefficient (Wildman–Crippen LogP) is 3.11. The normalized spacial score (nSPS) is 12.5. The average molecular weight is 489 g/mol. The Hall–Kier alpha value is -2.81. The summed E-state index contributed by atoms with van der Waals surface area (Å²) in [5.74, 6) is -3.57. The third kappa shape index (κ3) is 8.92. The second-order valence-corrected chi connectivity index (χ2v) is 7.30. The van der Waals surface area contributed by atoms with Crippen LogP contribution in [-0.2, 0) is 42.9 Å². The van der Waals surface area contributed by atoms with Crippen LogP contribution in [0, 0.1) is 11.3 Å². The lowest BCUT2D eigenvalue weighted by Crippen LogP contribution is -2.41. The Morgan fingerprint density at radius 2 is 1.33 bits per heavy atom. The summed E-state index contributed by atoms with van der Waals surface area (Å²) in [6.07, 6.45) is 6.90. The Labute approximate surface area is 199 Å². The molecule has 0 N–H and O–H groups in total. The fourth-order valence-corrected chi connectivity index (χ4v) is 3.23. The maximum Gasteiger partial charge on any atom is 0.323 e. The molecular formula is C23H33ClO9. The number of hydrogen-bond donors (Lipinski definition) is 0. The highest BCUT2D eigenvalue weighted by atomic mass is 35.5. The minimum atomic E-state index is -1.60. The lowest BCUT2D eigenvalue weighted by atomic mass is 9.78. The van der Waals surface area contributed by atoms with Crippen molar-refractivity contribution < 1.29 is 42.9 Å². The van der Waals surface area contributed by atoms with E-state index >= 15 is 0 Å². The molecule has 0 aliphatic heterocycles. The van der Waals surface area contributed by atoms with E-state index in [1.54, 1.807) is 31.2 Å². The van der Waals surface area contributed by atoms with Gasteiger partial charge in [-0.1, -0.05) is 24.3 Å². The molecule has 0 saturated carbocycles. The maximum absolute atomic E-state index is 12.7. The summed E-state index contributed by atoms with van der Waals surface area (Å²) in [5.41, 5.74) is -0.975. The van der Waals surface area contributed by atoms with Crippen LogP contribution in [0.2, 0.25) is 0 Å². The van der Waals surface area contributed by atoms with Crippen molar-refractivity contribution in [2.75, 3.05) is 41.4 Å². The number of methoxy groups -OCH3 is 5. The smallest absolute Gasteiger partial charge is 0.323 e. The van der Waals surface area contributed by atoms with Crippen molar-refractivity contribution in [2.24, 2.45) is 11.3 Å². The molecule has 0 fully saturated rings. The SMILES string of the molecule is COC(=O)C(C/C(OC)=C(\C)CCC(C/C=C\C=C\CCl)(C(=O)OC)C(=O)OC)C(=O)OC. The third-order valence-electron chi connectivity index (χ3n) is 5.10. The molecule has 0 aromatic carbocycles. The number of carbonyl (C=O) groups excluding carboxylic acids is 4. The van der Waals surface area contributed by atoms with Crippen molar-refractivity contribution >= 4 is 35.5 Å². The Morgan fingerprint density at radius 3 is 1.76 bits per heavy atom. The summed E-state index contributed by atoms with van der Waals surface area (Å²) in [5, 5.41) is 0. The van der Waals surface area contributed by atoms with Crippen molar-refractivity contribution in [1.82, 2.24) is 0 Å². The largest absolute Gasteiger partial charge is 0.501 e. The second kappa shape index (κ2) is 15.9. The monoisotopic (exact) mass is 488 g/mol. The summed E-state index contributed by atoms with van der Waals surface area (Å²) in [7, 11) is 6.11. The highest BCUT2D eigenvalue weighted by Crippen LogP contribution is 2.35. The lowest BCUT2D eigenvalue weighted by Gasteiger charge is -2.27. The molecule has 10 heteroatoms. The van der Waals surface area contributed by atoms with Crippen LogP contribution in [0.1, 0.15) is 32.6 Å². The molecule has 0 aliphatic carbocycles. The lowest BCUT2D eigenvalue weighted by molar-refractivity contribution is -0.169. The van der Waals surface area contributed by atoms with Crippen molar-refractivity contribution in [3.63, 3.8) is 0 Å². The highest BCUT2D eigenvalue weighted by Gasteiger charge is 2.47. The Morgan fingerprint density at radius 1 is 0.818 bits per heavy atom. The van der Waals surface area contributed by atoms with E-state index in [2.05, 4.69) is 9.47 Å². The second-order valence-electron chi connectivity index (χ2n) is 6.99. The van der Waals surface area contributed by atoms with Crippen LogP contribution >= 0.6 is 11.6 Å². The van der Waals surface area contributed by atoms with E-state index in [-0.39, 0.29) is 25.7 Å². The molecule has 186 valence electrons. The number of carbonyl (C=O) groups is 4. The number of allylic oxidation sites excluding steroid dienone is 6. The van der Waals surface area contributed by atoms with Gasteiger partial charge in [0.25, 0.3) is 0 Å². The van der Waals surface area contributed by atoms with E-state index in [1.807, 2.05) is 0 Å². The molecule has 0 saturated heterocycles. The molecule has 0 rings (SSSR count). The molecule has 0 aliphatic rings. The van der Waals surface area contributed by atoms with Crippen LogP contribution in [0.3, 0.4) is 0 Å². The number of ether oxygens (including phenoxy) is 5. The van der Waals surface area contributed by atoms with Gasteiger partial charge in [-0.3, -0.25) is 19.2 Å². The Balaban J connectivity index is 5.96. The van der Waals surface area contributed by atoms with Crippen molar-refractivity contribution in [2.45, 2.75) is 32.6 Å². The summed E-state index contributed by atoms with van der Waals surface area (Å²) >= 11 is 5.59. The molecular weight excluding hydrogens is 456 g/mol. The Bertz CT molecular complexity index is 736. The first kappa shape index (κ1) is 30.2. The fraction of sp³-hybridized carbons (Fsp3) is 0.565. The van der Waals surface area contributed by atoms with Crippen LogP contribution in [-0.4, -0.2) is 65.3 Å². The van der Waals surface area contributed by atoms with Crippen LogP contribution in [0.25, 0.3) is 0 Å². The van der Waals surface area contributed by atoms with Gasteiger partial charge in [-0.05, 0) is 31.8 Å². The van der Waals surface area contributed by atoms with Gasteiger partial charge in [-0.25, -0.2) is 0 Å². The molecule has 0 unspecified atom stereocenters. The first-order valence-corrected chi connectivity index (χ1v) is 10.6. The molecule has 9 nitrogen and oxygen atoms in total. The van der Waals surface area contributed by atoms with E-state index < -0.39 is 35.2 Å². The third-order valence-corrected chi connectivity index (χ3v) is 5.28. The summed E-state index contributed by atoms with van der Waals surface area (Å²) in [6.45, 7) is 1.71. The predicted molar refractivity (Wildman–Crippen MR) is 121 cm³/mol. The van der Waals surface area contributed by atoms with Crippen molar-refractivity contribution in [3.05, 3.63) is 35.6 Å². The number of alkyl halides is 1. The van der Waals surface area contributed by atoms with Gasteiger partial charge >= 0.3 is 23.9 Å². The van der Waals surface area contributed by atoms with Gasteiger partial charge in [0.2, 0.25) is 0 Å². The van der Waals surface area contributed by atoms with E-state index in [4.69, 9.17) is 25.8 Å². The Kier molecular flexibility index (Phi) is 14.6. The van der Waals surface area contributed by atoms with Gasteiger partial charge in [0, 0.05) is 12.3 Å². The molecule has 0 atom stereocenters. The van der Waals surface area contributed by atoms with Gasteiger partial charge in [0.15, 0.2) is 11.3 Å². The van der Waals surface area contributed by atoms with E-state index in [9.17, 15) is 19.2 Å². The zero-order valence-corrected chi connectivity index (χ0v) is 20.7. The topological polar surface area (TPSA) is 114 Å². The van der Waals surface area contributed by atoms with E-state index in [1.165, 1.54) is 21.3 Å². The van der Waals surface area contributed by atoms with Gasteiger partial charge in [0.05, 0.1) is 41.3 Å². The summed E-state index contributed by atoms with van der Waals surface area (Å²) in [6, 6.07) is 0. The zero-order valence-electron chi connectivity index (χ0n) is 20.0. The number of hydrogen-bond acceptors (Lipinski definition) is 9. The molecule has 33 heavy (non-hydrogen) atoms. The number of halogens is 1. The molecule has 0 aromatic heterocycles. The number of rotatable bonds is 14. The van der Waals surface area contributed by atoms with E-state index in [0.717, 1.165) is 14.2 Å². The zero-order chi connectivity index (χ0) is 25.4. The van der Waals surface area contributed by atoms with Gasteiger partial charge < -0.3 is 23.7 Å². The first-order chi connectivity index (χ1) is 15.7. The maximum atomic E-state index is 12.7.